The van der Waals surface area contributed by atoms with Crippen LogP contribution in [0.15, 0.2) is 39.4 Å². The van der Waals surface area contributed by atoms with E-state index in [0.717, 1.165) is 11.5 Å². The molecule has 66 valence electrons. The average Bonchev–Trinajstić information content (AvgIpc) is 2.76. The highest BCUT2D eigenvalue weighted by Crippen LogP contribution is 2.12. The second kappa shape index (κ2) is 3.31. The van der Waals surface area contributed by atoms with Gasteiger partial charge in [-0.25, -0.2) is 0 Å². The van der Waals surface area contributed by atoms with Crippen molar-refractivity contribution < 1.29 is 13.6 Å². The van der Waals surface area contributed by atoms with Gasteiger partial charge in [-0.2, -0.15) is 0 Å². The molecular weight excluding hydrogens is 168 g/mol. The van der Waals surface area contributed by atoms with Crippen molar-refractivity contribution in [1.29, 1.82) is 0 Å². The monoisotopic (exact) mass is 176 g/mol. The fourth-order valence-electron chi connectivity index (χ4n) is 1.14. The van der Waals surface area contributed by atoms with E-state index in [1.54, 1.807) is 18.4 Å². The predicted molar refractivity (Wildman–Crippen MR) is 45.6 cm³/mol. The highest BCUT2D eigenvalue weighted by molar-refractivity contribution is 5.70. The Hall–Kier alpha value is -1.77. The van der Waals surface area contributed by atoms with Gasteiger partial charge in [-0.15, -0.1) is 0 Å². The van der Waals surface area contributed by atoms with Crippen molar-refractivity contribution in [3.8, 4) is 0 Å². The lowest BCUT2D eigenvalue weighted by atomic mass is 10.3. The van der Waals surface area contributed by atoms with Crippen LogP contribution in [0.4, 0.5) is 0 Å². The summed E-state index contributed by atoms with van der Waals surface area (Å²) in [4.78, 5) is 10.3. The van der Waals surface area contributed by atoms with Crippen molar-refractivity contribution in [2.24, 2.45) is 0 Å². The average molecular weight is 176 g/mol. The van der Waals surface area contributed by atoms with E-state index in [-0.39, 0.29) is 0 Å². The molecule has 2 aromatic heterocycles. The molecule has 0 amide bonds. The fourth-order valence-corrected chi connectivity index (χ4v) is 1.14. The highest BCUT2D eigenvalue weighted by atomic mass is 16.4. The largest absolute Gasteiger partial charge is 0.469 e. The quantitative estimate of drug-likeness (QED) is 0.674. The summed E-state index contributed by atoms with van der Waals surface area (Å²) in [6.45, 7) is 0. The van der Waals surface area contributed by atoms with Gasteiger partial charge >= 0.3 is 0 Å². The molecule has 0 saturated heterocycles. The molecule has 0 aromatic carbocycles. The van der Waals surface area contributed by atoms with E-state index in [4.69, 9.17) is 8.83 Å². The van der Waals surface area contributed by atoms with Gasteiger partial charge in [0.25, 0.3) is 0 Å². The predicted octanol–water partition coefficient (Wildman–Crippen LogP) is 2.28. The molecule has 0 atom stereocenters. The Morgan fingerprint density at radius 3 is 2.77 bits per heavy atom. The van der Waals surface area contributed by atoms with Gasteiger partial charge in [0.05, 0.1) is 12.7 Å². The summed E-state index contributed by atoms with van der Waals surface area (Å²) in [7, 11) is 0. The van der Waals surface area contributed by atoms with Gasteiger partial charge < -0.3 is 8.83 Å². The van der Waals surface area contributed by atoms with Gasteiger partial charge in [-0.05, 0) is 24.3 Å². The number of furan rings is 2. The number of rotatable bonds is 3. The Bertz CT molecular complexity index is 384. The fraction of sp³-hybridized carbons (Fsp3) is 0.100. The minimum Gasteiger partial charge on any atom is -0.469 e. The van der Waals surface area contributed by atoms with Crippen LogP contribution in [0.3, 0.4) is 0 Å². The molecule has 0 aliphatic heterocycles. The maximum atomic E-state index is 10.3. The molecule has 0 N–H and O–H groups in total. The highest BCUT2D eigenvalue weighted by Gasteiger charge is 2.03. The maximum absolute atomic E-state index is 10.3. The van der Waals surface area contributed by atoms with Crippen LogP contribution in [0.25, 0.3) is 0 Å². The van der Waals surface area contributed by atoms with Crippen LogP contribution in [0.5, 0.6) is 0 Å². The molecule has 0 radical (unpaired) electrons. The lowest BCUT2D eigenvalue weighted by Gasteiger charge is -1.90. The molecule has 0 aliphatic carbocycles. The summed E-state index contributed by atoms with van der Waals surface area (Å²) in [6.07, 6.45) is 2.88. The lowest BCUT2D eigenvalue weighted by Crippen LogP contribution is -1.80. The van der Waals surface area contributed by atoms with E-state index in [9.17, 15) is 4.79 Å². The number of hydrogen-bond donors (Lipinski definition) is 0. The minimum atomic E-state index is 0.349. The van der Waals surface area contributed by atoms with Crippen LogP contribution in [0, 0.1) is 0 Å². The molecule has 3 heteroatoms. The number of carbonyl (C=O) groups is 1. The molecule has 2 heterocycles. The van der Waals surface area contributed by atoms with E-state index in [1.165, 1.54) is 0 Å². The summed E-state index contributed by atoms with van der Waals surface area (Å²) in [6, 6.07) is 7.10. The molecule has 0 saturated carbocycles. The van der Waals surface area contributed by atoms with E-state index in [2.05, 4.69) is 0 Å². The van der Waals surface area contributed by atoms with Crippen LogP contribution >= 0.6 is 0 Å². The summed E-state index contributed by atoms with van der Waals surface area (Å²) < 4.78 is 10.3. The first-order valence-corrected chi connectivity index (χ1v) is 3.95. The molecule has 13 heavy (non-hydrogen) atoms. The second-order valence-electron chi connectivity index (χ2n) is 2.68. The Morgan fingerprint density at radius 2 is 2.15 bits per heavy atom. The Balaban J connectivity index is 2.14. The van der Waals surface area contributed by atoms with Gasteiger partial charge in [0.1, 0.15) is 11.5 Å². The van der Waals surface area contributed by atoms with Crippen molar-refractivity contribution in [2.75, 3.05) is 0 Å². The topological polar surface area (TPSA) is 43.4 Å². The smallest absolute Gasteiger partial charge is 0.185 e. The van der Waals surface area contributed by atoms with Crippen LogP contribution in [-0.2, 0) is 6.42 Å². The minimum absolute atomic E-state index is 0.349. The van der Waals surface area contributed by atoms with Crippen LogP contribution in [-0.4, -0.2) is 6.29 Å². The molecular formula is C10H8O3. The molecule has 0 unspecified atom stereocenters. The van der Waals surface area contributed by atoms with E-state index < -0.39 is 0 Å². The number of hydrogen-bond acceptors (Lipinski definition) is 3. The zero-order valence-corrected chi connectivity index (χ0v) is 6.90. The Kier molecular flexibility index (Phi) is 2.00. The number of carbonyl (C=O) groups excluding carboxylic acids is 1. The van der Waals surface area contributed by atoms with Crippen molar-refractivity contribution >= 4 is 6.29 Å². The van der Waals surface area contributed by atoms with Crippen molar-refractivity contribution in [2.45, 2.75) is 6.42 Å². The van der Waals surface area contributed by atoms with E-state index in [1.807, 2.05) is 12.1 Å². The Morgan fingerprint density at radius 1 is 1.23 bits per heavy atom. The summed E-state index contributed by atoms with van der Waals surface area (Å²) in [5.41, 5.74) is 0. The SMILES string of the molecule is O=Cc1ccc(Cc2ccco2)o1. The van der Waals surface area contributed by atoms with Gasteiger partial charge in [0.2, 0.25) is 0 Å². The molecule has 0 fully saturated rings. The van der Waals surface area contributed by atoms with Crippen molar-refractivity contribution in [1.82, 2.24) is 0 Å². The standard InChI is InChI=1S/C10H8O3/c11-7-10-4-3-9(13-10)6-8-2-1-5-12-8/h1-5,7H,6H2. The third-order valence-corrected chi connectivity index (χ3v) is 1.73. The van der Waals surface area contributed by atoms with E-state index in [0.29, 0.717) is 18.5 Å². The maximum Gasteiger partial charge on any atom is 0.185 e. The van der Waals surface area contributed by atoms with Gasteiger partial charge in [0, 0.05) is 0 Å². The first-order valence-electron chi connectivity index (χ1n) is 3.95. The van der Waals surface area contributed by atoms with Gasteiger partial charge in [-0.3, -0.25) is 4.79 Å². The Labute approximate surface area is 75.0 Å². The molecule has 2 rings (SSSR count). The summed E-state index contributed by atoms with van der Waals surface area (Å²) in [5, 5.41) is 0. The lowest BCUT2D eigenvalue weighted by molar-refractivity contribution is 0.109. The van der Waals surface area contributed by atoms with Crippen molar-refractivity contribution in [3.05, 3.63) is 47.8 Å². The molecule has 2 aromatic rings. The zero-order chi connectivity index (χ0) is 9.10. The van der Waals surface area contributed by atoms with Crippen LogP contribution < -0.4 is 0 Å². The first kappa shape index (κ1) is 7.86. The van der Waals surface area contributed by atoms with Crippen LogP contribution in [0.2, 0.25) is 0 Å². The first-order chi connectivity index (χ1) is 6.38. The van der Waals surface area contributed by atoms with Gasteiger partial charge in [0.15, 0.2) is 12.0 Å². The van der Waals surface area contributed by atoms with E-state index >= 15 is 0 Å². The molecule has 0 bridgehead atoms. The second-order valence-corrected chi connectivity index (χ2v) is 2.68. The molecule has 0 aliphatic rings. The molecule has 0 spiro atoms. The summed E-state index contributed by atoms with van der Waals surface area (Å²) >= 11 is 0. The molecule has 3 nitrogen and oxygen atoms in total. The third-order valence-electron chi connectivity index (χ3n) is 1.73. The normalized spacial score (nSPS) is 10.2. The van der Waals surface area contributed by atoms with Crippen LogP contribution in [0.1, 0.15) is 22.1 Å². The van der Waals surface area contributed by atoms with Crippen molar-refractivity contribution in [3.63, 3.8) is 0 Å². The van der Waals surface area contributed by atoms with Gasteiger partial charge in [-0.1, -0.05) is 0 Å². The number of aldehydes is 1. The summed E-state index contributed by atoms with van der Waals surface area (Å²) in [5.74, 6) is 1.91. The third kappa shape index (κ3) is 1.69. The zero-order valence-electron chi connectivity index (χ0n) is 6.90.